The zero-order valence-electron chi connectivity index (χ0n) is 43.9. The second-order valence-corrected chi connectivity index (χ2v) is 21.4. The van der Waals surface area contributed by atoms with Crippen LogP contribution < -0.4 is 0 Å². The first-order chi connectivity index (χ1) is 31.2. The van der Waals surface area contributed by atoms with Crippen molar-refractivity contribution in [2.45, 2.75) is 172 Å². The summed E-state index contributed by atoms with van der Waals surface area (Å²) in [5.41, 5.74) is 25.0. The molecule has 0 aromatic heterocycles. The maximum absolute atomic E-state index is 5.52. The number of hydrogen-bond donors (Lipinski definition) is 0. The molecule has 0 aliphatic heterocycles. The van der Waals surface area contributed by atoms with Gasteiger partial charge in [-0.05, 0) is 187 Å². The van der Waals surface area contributed by atoms with E-state index in [2.05, 4.69) is 234 Å². The summed E-state index contributed by atoms with van der Waals surface area (Å²) in [5, 5.41) is 0. The van der Waals surface area contributed by atoms with Crippen molar-refractivity contribution in [3.05, 3.63) is 154 Å². The average Bonchev–Trinajstić information content (AvgIpc) is 3.27. The predicted molar refractivity (Wildman–Crippen MR) is 293 cm³/mol. The van der Waals surface area contributed by atoms with Crippen molar-refractivity contribution in [1.29, 1.82) is 0 Å². The zero-order chi connectivity index (χ0) is 48.3. The highest BCUT2D eigenvalue weighted by Gasteiger charge is 2.23. The van der Waals surface area contributed by atoms with Gasteiger partial charge in [-0.15, -0.1) is 0 Å². The van der Waals surface area contributed by atoms with Gasteiger partial charge in [0.1, 0.15) is 0 Å². The smallest absolute Gasteiger partial charge is 0.0645 e. The van der Waals surface area contributed by atoms with Crippen molar-refractivity contribution in [2.75, 3.05) is 0 Å². The molecule has 6 aromatic rings. The molecule has 0 atom stereocenters. The van der Waals surface area contributed by atoms with Crippen LogP contribution in [-0.4, -0.2) is 11.4 Å². The molecule has 0 bridgehead atoms. The van der Waals surface area contributed by atoms with Gasteiger partial charge in [-0.2, -0.15) is 0 Å². The van der Waals surface area contributed by atoms with E-state index in [4.69, 9.17) is 9.98 Å². The van der Waals surface area contributed by atoms with Crippen LogP contribution in [0.5, 0.6) is 0 Å². The molecule has 2 heteroatoms. The van der Waals surface area contributed by atoms with Crippen LogP contribution in [0.2, 0.25) is 0 Å². The summed E-state index contributed by atoms with van der Waals surface area (Å²) in [6.07, 6.45) is 0. The highest BCUT2D eigenvalue weighted by atomic mass is 14.8. The van der Waals surface area contributed by atoms with Crippen LogP contribution in [-0.2, 0) is 0 Å². The third kappa shape index (κ3) is 10.8. The Balaban J connectivity index is 1.64. The lowest BCUT2D eigenvalue weighted by Gasteiger charge is -2.23. The topological polar surface area (TPSA) is 24.7 Å². The van der Waals surface area contributed by atoms with Gasteiger partial charge in [0, 0.05) is 0 Å². The van der Waals surface area contributed by atoms with Crippen LogP contribution in [0.1, 0.15) is 216 Å². The van der Waals surface area contributed by atoms with Gasteiger partial charge in [0.05, 0.1) is 22.8 Å². The molecule has 2 nitrogen and oxygen atoms in total. The van der Waals surface area contributed by atoms with E-state index in [1.165, 1.54) is 89.0 Å². The third-order valence-corrected chi connectivity index (χ3v) is 13.6. The van der Waals surface area contributed by atoms with E-state index in [1.54, 1.807) is 0 Å². The molecule has 0 aliphatic carbocycles. The van der Waals surface area contributed by atoms with Gasteiger partial charge < -0.3 is 0 Å². The quantitative estimate of drug-likeness (QED) is 0.0919. The van der Waals surface area contributed by atoms with Crippen molar-refractivity contribution < 1.29 is 0 Å². The number of rotatable bonds is 15. The first kappa shape index (κ1) is 50.1. The fourth-order valence-corrected chi connectivity index (χ4v) is 10.0. The molecule has 0 spiro atoms. The minimum atomic E-state index is 0.369. The van der Waals surface area contributed by atoms with Crippen LogP contribution in [0.25, 0.3) is 44.5 Å². The van der Waals surface area contributed by atoms with Gasteiger partial charge in [-0.25, -0.2) is 0 Å². The van der Waals surface area contributed by atoms with Gasteiger partial charge in [0.2, 0.25) is 0 Å². The van der Waals surface area contributed by atoms with Crippen molar-refractivity contribution in [1.82, 2.24) is 0 Å². The molecule has 0 N–H and O–H groups in total. The molecule has 0 aliphatic rings. The van der Waals surface area contributed by atoms with E-state index < -0.39 is 0 Å². The Morgan fingerprint density at radius 2 is 0.439 bits per heavy atom. The molecule has 0 fully saturated rings. The van der Waals surface area contributed by atoms with Gasteiger partial charge in [0.15, 0.2) is 0 Å². The summed E-state index contributed by atoms with van der Waals surface area (Å²) in [5.74, 6) is 2.95. The first-order valence-corrected chi connectivity index (χ1v) is 25.1. The Kier molecular flexibility index (Phi) is 16.0. The molecule has 6 rings (SSSR count). The summed E-state index contributed by atoms with van der Waals surface area (Å²) in [6, 6.07) is 41.7. The van der Waals surface area contributed by atoms with Crippen molar-refractivity contribution in [2.24, 2.45) is 9.98 Å². The maximum Gasteiger partial charge on any atom is 0.0645 e. The minimum absolute atomic E-state index is 0.369. The Morgan fingerprint density at radius 3 is 0.591 bits per heavy atom. The predicted octanol–water partition coefficient (Wildman–Crippen LogP) is 20.2. The van der Waals surface area contributed by atoms with Crippen LogP contribution in [0.15, 0.2) is 119 Å². The lowest BCUT2D eigenvalue weighted by atomic mass is 9.81. The average molecular weight is 877 g/mol. The van der Waals surface area contributed by atoms with E-state index in [0.29, 0.717) is 47.3 Å². The van der Waals surface area contributed by atoms with E-state index in [0.717, 1.165) is 22.8 Å². The second kappa shape index (κ2) is 21.1. The van der Waals surface area contributed by atoms with E-state index in [-0.39, 0.29) is 0 Å². The molecular weight excluding hydrogens is 797 g/mol. The lowest BCUT2D eigenvalue weighted by Crippen LogP contribution is -2.05. The maximum atomic E-state index is 5.52. The Morgan fingerprint density at radius 1 is 0.273 bits per heavy atom. The summed E-state index contributed by atoms with van der Waals surface area (Å²) in [7, 11) is 0. The summed E-state index contributed by atoms with van der Waals surface area (Å²) >= 11 is 0. The number of aliphatic imine (C=N–C) groups is 2. The number of nitrogens with zero attached hydrogens (tertiary/aromatic N) is 2. The number of benzene rings is 6. The number of hydrogen-bond acceptors (Lipinski definition) is 2. The molecule has 0 amide bonds. The molecule has 0 radical (unpaired) electrons. The van der Waals surface area contributed by atoms with Crippen molar-refractivity contribution in [3.63, 3.8) is 0 Å². The molecule has 0 unspecified atom stereocenters. The van der Waals surface area contributed by atoms with Crippen LogP contribution >= 0.6 is 0 Å². The van der Waals surface area contributed by atoms with Crippen LogP contribution in [0.4, 0.5) is 11.4 Å². The molecule has 0 heterocycles. The van der Waals surface area contributed by atoms with E-state index in [1.807, 2.05) is 0 Å². The zero-order valence-corrected chi connectivity index (χ0v) is 43.9. The van der Waals surface area contributed by atoms with Gasteiger partial charge in [0.25, 0.3) is 0 Å². The summed E-state index contributed by atoms with van der Waals surface area (Å²) in [6.45, 7) is 41.3. The highest BCUT2D eigenvalue weighted by molar-refractivity contribution is 6.41. The van der Waals surface area contributed by atoms with Gasteiger partial charge in [-0.3, -0.25) is 9.98 Å². The molecule has 6 aromatic carbocycles. The van der Waals surface area contributed by atoms with Crippen LogP contribution in [0.3, 0.4) is 0 Å². The minimum Gasteiger partial charge on any atom is -0.252 e. The van der Waals surface area contributed by atoms with Crippen LogP contribution in [0, 0.1) is 0 Å². The highest BCUT2D eigenvalue weighted by Crippen LogP contribution is 2.45. The lowest BCUT2D eigenvalue weighted by molar-refractivity contribution is 0.836. The summed E-state index contributed by atoms with van der Waals surface area (Å²) < 4.78 is 0. The monoisotopic (exact) mass is 877 g/mol. The molecule has 0 saturated heterocycles. The standard InChI is InChI=1S/C64H80N2/c1-37(2)53-23-19-24-54(38(3)4)61(53)47-31-48(62-55(39(5)6)25-20-26-56(62)40(7)8)34-51(33-47)65-45(17)46(18)66-52-35-49(63-57(41(9)10)27-21-28-58(63)42(11)12)32-50(36-52)64-59(43(13)14)29-22-30-60(64)44(15)16/h19-44H,1-18H3. The molecular formula is C64H80N2. The fourth-order valence-electron chi connectivity index (χ4n) is 10.0. The molecule has 346 valence electrons. The Bertz CT molecular complexity index is 2270. The molecule has 66 heavy (non-hydrogen) atoms. The second-order valence-electron chi connectivity index (χ2n) is 21.4. The Labute approximate surface area is 401 Å². The first-order valence-electron chi connectivity index (χ1n) is 25.1. The normalized spacial score (nSPS) is 12.8. The molecule has 0 saturated carbocycles. The van der Waals surface area contributed by atoms with Gasteiger partial charge in [-0.1, -0.05) is 184 Å². The van der Waals surface area contributed by atoms with E-state index in [9.17, 15) is 0 Å². The SMILES string of the molecule is CC(=Nc1cc(-c2c(C(C)C)cccc2C(C)C)cc(-c2c(C(C)C)cccc2C(C)C)c1)C(C)=Nc1cc(-c2c(C(C)C)cccc2C(C)C)cc(-c2c(C(C)C)cccc2C(C)C)c1. The largest absolute Gasteiger partial charge is 0.252 e. The van der Waals surface area contributed by atoms with Crippen molar-refractivity contribution in [3.8, 4) is 44.5 Å². The third-order valence-electron chi connectivity index (χ3n) is 13.6. The Hall–Kier alpha value is -5.34. The van der Waals surface area contributed by atoms with E-state index >= 15 is 0 Å². The fraction of sp³-hybridized carbons (Fsp3) is 0.406. The van der Waals surface area contributed by atoms with Crippen molar-refractivity contribution >= 4 is 22.8 Å². The summed E-state index contributed by atoms with van der Waals surface area (Å²) in [4.78, 5) is 11.0. The van der Waals surface area contributed by atoms with Gasteiger partial charge >= 0.3 is 0 Å².